The van der Waals surface area contributed by atoms with Gasteiger partial charge in [0, 0.05) is 11.5 Å². The number of rotatable bonds is 8. The summed E-state index contributed by atoms with van der Waals surface area (Å²) in [4.78, 5) is 20.7. The Kier molecular flexibility index (Phi) is 7.64. The highest BCUT2D eigenvalue weighted by molar-refractivity contribution is 6.17. The Bertz CT molecular complexity index is 1450. The molecule has 0 saturated heterocycles. The Morgan fingerprint density at radius 3 is 2.42 bits per heavy atom. The highest BCUT2D eigenvalue weighted by Gasteiger charge is 2.21. The van der Waals surface area contributed by atoms with Crippen LogP contribution in [-0.2, 0) is 20.7 Å². The van der Waals surface area contributed by atoms with Gasteiger partial charge in [0.25, 0.3) is 0 Å². The molecule has 7 heteroatoms. The van der Waals surface area contributed by atoms with Crippen molar-refractivity contribution in [2.75, 3.05) is 14.2 Å². The van der Waals surface area contributed by atoms with Crippen LogP contribution in [0.25, 0.3) is 5.57 Å². The summed E-state index contributed by atoms with van der Waals surface area (Å²) >= 11 is 0. The second kappa shape index (κ2) is 11.6. The van der Waals surface area contributed by atoms with Gasteiger partial charge < -0.3 is 18.9 Å². The molecule has 4 aromatic rings. The molecule has 0 amide bonds. The second-order valence-corrected chi connectivity index (χ2v) is 8.87. The lowest BCUT2D eigenvalue weighted by molar-refractivity contribution is -0.133. The van der Waals surface area contributed by atoms with Crippen molar-refractivity contribution in [1.82, 2.24) is 9.97 Å². The van der Waals surface area contributed by atoms with Crippen LogP contribution in [0.1, 0.15) is 41.0 Å². The fourth-order valence-electron chi connectivity index (χ4n) is 4.76. The number of esters is 1. The first kappa shape index (κ1) is 25.0. The summed E-state index contributed by atoms with van der Waals surface area (Å²) in [5, 5.41) is 0. The van der Waals surface area contributed by atoms with Gasteiger partial charge in [-0.2, -0.15) is 0 Å². The normalized spacial score (nSPS) is 14.8. The van der Waals surface area contributed by atoms with E-state index in [1.165, 1.54) is 49.9 Å². The van der Waals surface area contributed by atoms with Crippen molar-refractivity contribution in [3.05, 3.63) is 114 Å². The first-order chi connectivity index (χ1) is 18.7. The van der Waals surface area contributed by atoms with Gasteiger partial charge in [-0.05, 0) is 54.2 Å². The third-order valence-corrected chi connectivity index (χ3v) is 6.52. The van der Waals surface area contributed by atoms with Gasteiger partial charge in [0.2, 0.25) is 11.8 Å². The van der Waals surface area contributed by atoms with Crippen LogP contribution in [0.4, 0.5) is 0 Å². The molecule has 1 aromatic heterocycles. The van der Waals surface area contributed by atoms with Crippen LogP contribution >= 0.6 is 0 Å². The average Bonchev–Trinajstić information content (AvgIpc) is 2.96. The van der Waals surface area contributed by atoms with Crippen molar-refractivity contribution in [3.8, 4) is 23.3 Å². The third kappa shape index (κ3) is 5.52. The van der Waals surface area contributed by atoms with Gasteiger partial charge in [0.05, 0.1) is 26.5 Å². The van der Waals surface area contributed by atoms with E-state index in [-0.39, 0.29) is 11.5 Å². The number of fused-ring (bicyclic) bond motifs is 1. The summed E-state index contributed by atoms with van der Waals surface area (Å²) in [7, 11) is 2.77. The fraction of sp³-hybridized carbons (Fsp3) is 0.194. The van der Waals surface area contributed by atoms with Gasteiger partial charge in [-0.25, -0.2) is 14.8 Å². The van der Waals surface area contributed by atoms with Crippen molar-refractivity contribution in [2.45, 2.75) is 25.2 Å². The Balaban J connectivity index is 1.32. The summed E-state index contributed by atoms with van der Waals surface area (Å²) in [6, 6.07) is 25.5. The lowest BCUT2D eigenvalue weighted by Crippen LogP contribution is -2.10. The molecule has 38 heavy (non-hydrogen) atoms. The Morgan fingerprint density at radius 2 is 1.63 bits per heavy atom. The molecule has 7 nitrogen and oxygen atoms in total. The number of carbonyl (C=O) groups excluding carboxylic acids is 1. The number of nitrogens with zero attached hydrogens (tertiary/aromatic N) is 2. The van der Waals surface area contributed by atoms with Gasteiger partial charge in [0.15, 0.2) is 0 Å². The lowest BCUT2D eigenvalue weighted by atomic mass is 9.79. The van der Waals surface area contributed by atoms with E-state index < -0.39 is 5.97 Å². The van der Waals surface area contributed by atoms with Crippen LogP contribution < -0.4 is 9.47 Å². The number of aromatic nitrogens is 2. The highest BCUT2D eigenvalue weighted by Crippen LogP contribution is 2.37. The van der Waals surface area contributed by atoms with E-state index in [0.29, 0.717) is 28.9 Å². The van der Waals surface area contributed by atoms with Crippen molar-refractivity contribution in [3.63, 3.8) is 0 Å². The van der Waals surface area contributed by atoms with E-state index in [1.54, 1.807) is 30.3 Å². The smallest absolute Gasteiger partial charge is 0.341 e. The minimum absolute atomic E-state index is 0.219. The second-order valence-electron chi connectivity index (χ2n) is 8.87. The van der Waals surface area contributed by atoms with Gasteiger partial charge in [-0.3, -0.25) is 0 Å². The van der Waals surface area contributed by atoms with E-state index in [4.69, 9.17) is 18.9 Å². The SMILES string of the molecule is COC=C(C(=O)OC)c1ccccc1Oc1cc(Oc2ccc(C3CCCc4ccccc43)cc2)ncn1. The zero-order valence-corrected chi connectivity index (χ0v) is 21.3. The van der Waals surface area contributed by atoms with Crippen LogP contribution in [0.3, 0.4) is 0 Å². The fourth-order valence-corrected chi connectivity index (χ4v) is 4.76. The number of carbonyl (C=O) groups is 1. The molecule has 0 radical (unpaired) electrons. The molecule has 0 bridgehead atoms. The number of hydrogen-bond acceptors (Lipinski definition) is 7. The minimum atomic E-state index is -0.547. The molecule has 1 atom stereocenters. The largest absolute Gasteiger partial charge is 0.503 e. The molecule has 1 aliphatic rings. The van der Waals surface area contributed by atoms with Crippen LogP contribution in [0.15, 0.2) is 91.5 Å². The van der Waals surface area contributed by atoms with Crippen LogP contribution in [0.5, 0.6) is 23.3 Å². The zero-order chi connectivity index (χ0) is 26.3. The van der Waals surface area contributed by atoms with Gasteiger partial charge in [-0.15, -0.1) is 0 Å². The predicted molar refractivity (Wildman–Crippen MR) is 143 cm³/mol. The number of para-hydroxylation sites is 1. The molecule has 0 spiro atoms. The summed E-state index contributed by atoms with van der Waals surface area (Å²) < 4.78 is 22.0. The van der Waals surface area contributed by atoms with E-state index in [9.17, 15) is 4.79 Å². The molecule has 5 rings (SSSR count). The Hall–Kier alpha value is -4.65. The Labute approximate surface area is 221 Å². The average molecular weight is 509 g/mol. The van der Waals surface area contributed by atoms with E-state index in [1.807, 2.05) is 12.1 Å². The van der Waals surface area contributed by atoms with Crippen molar-refractivity contribution >= 4 is 11.5 Å². The summed E-state index contributed by atoms with van der Waals surface area (Å²) in [6.45, 7) is 0. The zero-order valence-electron chi connectivity index (χ0n) is 21.3. The third-order valence-electron chi connectivity index (χ3n) is 6.52. The van der Waals surface area contributed by atoms with Crippen molar-refractivity contribution < 1.29 is 23.7 Å². The van der Waals surface area contributed by atoms with Gasteiger partial charge >= 0.3 is 5.97 Å². The molecule has 1 heterocycles. The molecule has 192 valence electrons. The first-order valence-corrected chi connectivity index (χ1v) is 12.4. The number of ether oxygens (including phenoxy) is 4. The van der Waals surface area contributed by atoms with Crippen LogP contribution in [0, 0.1) is 0 Å². The summed E-state index contributed by atoms with van der Waals surface area (Å²) in [5.74, 6) is 1.52. The van der Waals surface area contributed by atoms with E-state index >= 15 is 0 Å². The van der Waals surface area contributed by atoms with Gasteiger partial charge in [-0.1, -0.05) is 54.6 Å². The maximum Gasteiger partial charge on any atom is 0.341 e. The maximum atomic E-state index is 12.3. The first-order valence-electron chi connectivity index (χ1n) is 12.4. The topological polar surface area (TPSA) is 79.8 Å². The predicted octanol–water partition coefficient (Wildman–Crippen LogP) is 6.69. The van der Waals surface area contributed by atoms with Crippen molar-refractivity contribution in [1.29, 1.82) is 0 Å². The van der Waals surface area contributed by atoms with Gasteiger partial charge in [0.1, 0.15) is 23.4 Å². The quantitative estimate of drug-likeness (QED) is 0.149. The molecular weight excluding hydrogens is 480 g/mol. The molecular formula is C31H28N2O5. The van der Waals surface area contributed by atoms with E-state index in [2.05, 4.69) is 46.4 Å². The molecule has 0 saturated carbocycles. The maximum absolute atomic E-state index is 12.3. The van der Waals surface area contributed by atoms with E-state index in [0.717, 1.165) is 12.8 Å². The highest BCUT2D eigenvalue weighted by atomic mass is 16.5. The number of methoxy groups -OCH3 is 2. The monoisotopic (exact) mass is 508 g/mol. The minimum Gasteiger partial charge on any atom is -0.503 e. The molecule has 0 fully saturated rings. The van der Waals surface area contributed by atoms with Crippen LogP contribution in [0.2, 0.25) is 0 Å². The summed E-state index contributed by atoms with van der Waals surface area (Å²) in [6.07, 6.45) is 6.16. The molecule has 0 N–H and O–H groups in total. The standard InChI is InChI=1S/C31H28N2O5/c1-35-19-27(31(34)36-2)26-11-5-6-13-28(26)38-30-18-29(32-20-33-30)37-23-16-14-22(15-17-23)25-12-7-9-21-8-3-4-10-24(21)25/h3-6,8,10-11,13-20,25H,7,9,12H2,1-2H3. The van der Waals surface area contributed by atoms with Crippen LogP contribution in [-0.4, -0.2) is 30.2 Å². The molecule has 1 unspecified atom stereocenters. The molecule has 1 aliphatic carbocycles. The number of hydrogen-bond donors (Lipinski definition) is 0. The summed E-state index contributed by atoms with van der Waals surface area (Å²) in [5.41, 5.74) is 4.86. The molecule has 0 aliphatic heterocycles. The molecule has 3 aromatic carbocycles. The number of benzene rings is 3. The Morgan fingerprint density at radius 1 is 0.895 bits per heavy atom. The number of aryl methyl sites for hydroxylation is 1. The van der Waals surface area contributed by atoms with Crippen molar-refractivity contribution in [2.24, 2.45) is 0 Å². The lowest BCUT2D eigenvalue weighted by Gasteiger charge is -2.26.